The molecule has 0 fully saturated rings. The highest BCUT2D eigenvalue weighted by Gasteiger charge is 1.98. The maximum atomic E-state index is 12.8. The van der Waals surface area contributed by atoms with Gasteiger partial charge in [0.05, 0.1) is 6.61 Å². The van der Waals surface area contributed by atoms with Gasteiger partial charge in [-0.1, -0.05) is 31.2 Å². The lowest BCUT2D eigenvalue weighted by atomic mass is 10.1. The molecule has 0 N–H and O–H groups in total. The molecule has 94 valence electrons. The van der Waals surface area contributed by atoms with Crippen LogP contribution < -0.4 is 4.74 Å². The SMILES string of the molecule is CCCOc1ccc(Cc2ccc(F)cc2)cc1. The first-order valence-corrected chi connectivity index (χ1v) is 6.24. The first kappa shape index (κ1) is 12.6. The Hall–Kier alpha value is -1.83. The molecular weight excluding hydrogens is 227 g/mol. The van der Waals surface area contributed by atoms with E-state index in [4.69, 9.17) is 4.74 Å². The average Bonchev–Trinajstić information content (AvgIpc) is 2.41. The summed E-state index contributed by atoms with van der Waals surface area (Å²) in [7, 11) is 0. The number of hydrogen-bond acceptors (Lipinski definition) is 1. The highest BCUT2D eigenvalue weighted by atomic mass is 19.1. The number of ether oxygens (including phenoxy) is 1. The molecule has 2 heteroatoms. The van der Waals surface area contributed by atoms with Crippen LogP contribution in [0.25, 0.3) is 0 Å². The third-order valence-electron chi connectivity index (χ3n) is 2.72. The molecule has 0 unspecified atom stereocenters. The highest BCUT2D eigenvalue weighted by Crippen LogP contribution is 2.15. The van der Waals surface area contributed by atoms with Gasteiger partial charge in [-0.25, -0.2) is 4.39 Å². The van der Waals surface area contributed by atoms with Crippen LogP contribution in [-0.4, -0.2) is 6.61 Å². The maximum absolute atomic E-state index is 12.8. The molecular formula is C16H17FO. The van der Waals surface area contributed by atoms with Gasteiger partial charge < -0.3 is 4.74 Å². The number of hydrogen-bond donors (Lipinski definition) is 0. The zero-order chi connectivity index (χ0) is 12.8. The number of halogens is 1. The summed E-state index contributed by atoms with van der Waals surface area (Å²) in [4.78, 5) is 0. The fourth-order valence-corrected chi connectivity index (χ4v) is 1.76. The van der Waals surface area contributed by atoms with Crippen molar-refractivity contribution in [1.29, 1.82) is 0 Å². The molecule has 0 radical (unpaired) electrons. The monoisotopic (exact) mass is 244 g/mol. The van der Waals surface area contributed by atoms with Gasteiger partial charge in [0.25, 0.3) is 0 Å². The first-order valence-electron chi connectivity index (χ1n) is 6.24. The highest BCUT2D eigenvalue weighted by molar-refractivity contribution is 5.31. The van der Waals surface area contributed by atoms with E-state index in [1.54, 1.807) is 0 Å². The Morgan fingerprint density at radius 3 is 2.00 bits per heavy atom. The van der Waals surface area contributed by atoms with Crippen LogP contribution in [0.3, 0.4) is 0 Å². The van der Waals surface area contributed by atoms with Crippen molar-refractivity contribution < 1.29 is 9.13 Å². The minimum atomic E-state index is -0.193. The van der Waals surface area contributed by atoms with E-state index in [2.05, 4.69) is 6.92 Å². The molecule has 2 aromatic rings. The predicted octanol–water partition coefficient (Wildman–Crippen LogP) is 4.21. The van der Waals surface area contributed by atoms with Gasteiger partial charge in [0.1, 0.15) is 11.6 Å². The molecule has 0 aromatic heterocycles. The quantitative estimate of drug-likeness (QED) is 0.765. The summed E-state index contributed by atoms with van der Waals surface area (Å²) in [6, 6.07) is 14.7. The maximum Gasteiger partial charge on any atom is 0.123 e. The Labute approximate surface area is 107 Å². The summed E-state index contributed by atoms with van der Waals surface area (Å²) >= 11 is 0. The van der Waals surface area contributed by atoms with Crippen LogP contribution in [0.15, 0.2) is 48.5 Å². The predicted molar refractivity (Wildman–Crippen MR) is 71.4 cm³/mol. The van der Waals surface area contributed by atoms with Crippen LogP contribution in [0.1, 0.15) is 24.5 Å². The second-order valence-electron chi connectivity index (χ2n) is 4.30. The fraction of sp³-hybridized carbons (Fsp3) is 0.250. The van der Waals surface area contributed by atoms with E-state index in [1.165, 1.54) is 17.7 Å². The second kappa shape index (κ2) is 6.20. The Kier molecular flexibility index (Phi) is 4.35. The lowest BCUT2D eigenvalue weighted by Gasteiger charge is -2.06. The van der Waals surface area contributed by atoms with E-state index in [0.29, 0.717) is 0 Å². The molecule has 0 aliphatic heterocycles. The van der Waals surface area contributed by atoms with E-state index in [0.717, 1.165) is 30.8 Å². The number of benzene rings is 2. The Morgan fingerprint density at radius 1 is 0.889 bits per heavy atom. The van der Waals surface area contributed by atoms with Gasteiger partial charge in [0.2, 0.25) is 0 Å². The molecule has 2 aromatic carbocycles. The summed E-state index contributed by atoms with van der Waals surface area (Å²) in [5.74, 6) is 0.710. The molecule has 0 spiro atoms. The van der Waals surface area contributed by atoms with Crippen molar-refractivity contribution in [2.75, 3.05) is 6.61 Å². The largest absolute Gasteiger partial charge is 0.494 e. The molecule has 0 atom stereocenters. The van der Waals surface area contributed by atoms with Gasteiger partial charge in [0, 0.05) is 0 Å². The molecule has 0 aliphatic rings. The van der Waals surface area contributed by atoms with Crippen molar-refractivity contribution in [3.63, 3.8) is 0 Å². The summed E-state index contributed by atoms with van der Waals surface area (Å²) in [5.41, 5.74) is 2.31. The van der Waals surface area contributed by atoms with Crippen LogP contribution in [0.5, 0.6) is 5.75 Å². The lowest BCUT2D eigenvalue weighted by molar-refractivity contribution is 0.317. The second-order valence-corrected chi connectivity index (χ2v) is 4.30. The average molecular weight is 244 g/mol. The molecule has 0 amide bonds. The van der Waals surface area contributed by atoms with Crippen molar-refractivity contribution in [2.24, 2.45) is 0 Å². The van der Waals surface area contributed by atoms with Crippen molar-refractivity contribution in [3.8, 4) is 5.75 Å². The molecule has 1 nitrogen and oxygen atoms in total. The van der Waals surface area contributed by atoms with Crippen molar-refractivity contribution in [3.05, 3.63) is 65.5 Å². The minimum absolute atomic E-state index is 0.193. The Bertz CT molecular complexity index is 473. The zero-order valence-electron chi connectivity index (χ0n) is 10.5. The van der Waals surface area contributed by atoms with E-state index < -0.39 is 0 Å². The topological polar surface area (TPSA) is 9.23 Å². The normalized spacial score (nSPS) is 10.3. The van der Waals surface area contributed by atoms with Crippen LogP contribution in [0.4, 0.5) is 4.39 Å². The van der Waals surface area contributed by atoms with Gasteiger partial charge in [0.15, 0.2) is 0 Å². The van der Waals surface area contributed by atoms with Crippen LogP contribution in [0.2, 0.25) is 0 Å². The number of rotatable bonds is 5. The van der Waals surface area contributed by atoms with Crippen molar-refractivity contribution >= 4 is 0 Å². The van der Waals surface area contributed by atoms with E-state index in [-0.39, 0.29) is 5.82 Å². The van der Waals surface area contributed by atoms with Gasteiger partial charge in [-0.15, -0.1) is 0 Å². The molecule has 0 bridgehead atoms. The third kappa shape index (κ3) is 3.59. The summed E-state index contributed by atoms with van der Waals surface area (Å²) in [5, 5.41) is 0. The van der Waals surface area contributed by atoms with E-state index in [9.17, 15) is 4.39 Å². The van der Waals surface area contributed by atoms with Crippen LogP contribution in [0, 0.1) is 5.82 Å². The molecule has 0 saturated carbocycles. The fourth-order valence-electron chi connectivity index (χ4n) is 1.76. The van der Waals surface area contributed by atoms with Crippen molar-refractivity contribution in [2.45, 2.75) is 19.8 Å². The zero-order valence-corrected chi connectivity index (χ0v) is 10.5. The van der Waals surface area contributed by atoms with E-state index in [1.807, 2.05) is 36.4 Å². The minimum Gasteiger partial charge on any atom is -0.494 e. The van der Waals surface area contributed by atoms with Gasteiger partial charge in [-0.2, -0.15) is 0 Å². The van der Waals surface area contributed by atoms with Crippen molar-refractivity contribution in [1.82, 2.24) is 0 Å². The molecule has 18 heavy (non-hydrogen) atoms. The smallest absolute Gasteiger partial charge is 0.123 e. The van der Waals surface area contributed by atoms with E-state index >= 15 is 0 Å². The van der Waals surface area contributed by atoms with Gasteiger partial charge >= 0.3 is 0 Å². The summed E-state index contributed by atoms with van der Waals surface area (Å²) < 4.78 is 18.3. The van der Waals surface area contributed by atoms with Gasteiger partial charge in [-0.05, 0) is 48.2 Å². The molecule has 0 heterocycles. The van der Waals surface area contributed by atoms with Crippen LogP contribution >= 0.6 is 0 Å². The summed E-state index contributed by atoms with van der Waals surface area (Å²) in [6.45, 7) is 2.83. The van der Waals surface area contributed by atoms with Crippen LogP contribution in [-0.2, 0) is 6.42 Å². The molecule has 0 saturated heterocycles. The first-order chi connectivity index (χ1) is 8.78. The molecule has 2 rings (SSSR count). The standard InChI is InChI=1S/C16H17FO/c1-2-11-18-16-9-5-14(6-10-16)12-13-3-7-15(17)8-4-13/h3-10H,2,11-12H2,1H3. The van der Waals surface area contributed by atoms with Gasteiger partial charge in [-0.3, -0.25) is 0 Å². The summed E-state index contributed by atoms with van der Waals surface area (Å²) in [6.07, 6.45) is 1.83. The Balaban J connectivity index is 1.99. The Morgan fingerprint density at radius 2 is 1.44 bits per heavy atom. The third-order valence-corrected chi connectivity index (χ3v) is 2.72. The lowest BCUT2D eigenvalue weighted by Crippen LogP contribution is -1.95. The molecule has 0 aliphatic carbocycles.